The van der Waals surface area contributed by atoms with E-state index in [0.29, 0.717) is 5.41 Å². The van der Waals surface area contributed by atoms with Crippen molar-refractivity contribution in [3.05, 3.63) is 0 Å². The summed E-state index contributed by atoms with van der Waals surface area (Å²) in [6.45, 7) is 7.31. The Bertz CT molecular complexity index is 169. The third-order valence-corrected chi connectivity index (χ3v) is 4.10. The highest BCUT2D eigenvalue weighted by molar-refractivity contribution is 4.93. The fourth-order valence-electron chi connectivity index (χ4n) is 2.46. The Morgan fingerprint density at radius 1 is 1.29 bits per heavy atom. The molecule has 0 radical (unpaired) electrons. The van der Waals surface area contributed by atoms with Gasteiger partial charge in [0.1, 0.15) is 0 Å². The molecule has 0 aromatic rings. The van der Waals surface area contributed by atoms with Gasteiger partial charge in [0.15, 0.2) is 0 Å². The third-order valence-electron chi connectivity index (χ3n) is 4.10. The van der Waals surface area contributed by atoms with Crippen molar-refractivity contribution < 1.29 is 0 Å². The Morgan fingerprint density at radius 3 is 2.57 bits per heavy atom. The zero-order chi connectivity index (χ0) is 9.86. The largest absolute Gasteiger partial charge is 0.317 e. The molecule has 0 spiro atoms. The quantitative estimate of drug-likeness (QED) is 0.700. The summed E-state index contributed by atoms with van der Waals surface area (Å²) in [6.07, 6.45) is 7.02. The van der Waals surface area contributed by atoms with Crippen molar-refractivity contribution in [3.63, 3.8) is 0 Å². The van der Waals surface area contributed by atoms with E-state index in [2.05, 4.69) is 17.6 Å². The first-order chi connectivity index (χ1) is 6.85. The molecule has 2 nitrogen and oxygen atoms in total. The predicted molar refractivity (Wildman–Crippen MR) is 60.4 cm³/mol. The zero-order valence-corrected chi connectivity index (χ0v) is 9.44. The highest BCUT2D eigenvalue weighted by atomic mass is 14.9. The molecular weight excluding hydrogens is 172 g/mol. The molecule has 0 atom stereocenters. The molecule has 2 rings (SSSR count). The number of nitrogens with one attached hydrogen (secondary N) is 2. The van der Waals surface area contributed by atoms with Crippen LogP contribution in [0, 0.1) is 11.3 Å². The molecule has 1 saturated carbocycles. The van der Waals surface area contributed by atoms with Crippen molar-refractivity contribution in [2.24, 2.45) is 11.3 Å². The van der Waals surface area contributed by atoms with E-state index in [1.807, 2.05) is 0 Å². The first kappa shape index (κ1) is 10.4. The van der Waals surface area contributed by atoms with Crippen molar-refractivity contribution in [1.29, 1.82) is 0 Å². The van der Waals surface area contributed by atoms with Crippen LogP contribution in [0.25, 0.3) is 0 Å². The van der Waals surface area contributed by atoms with Crippen LogP contribution in [0.15, 0.2) is 0 Å². The molecule has 1 saturated heterocycles. The van der Waals surface area contributed by atoms with E-state index >= 15 is 0 Å². The molecule has 0 amide bonds. The standard InChI is InChI=1S/C12H24N2/c1-2-12(5-6-12)10-14-9-11-3-7-13-8-4-11/h11,13-14H,2-10H2,1H3. The molecule has 0 aromatic carbocycles. The topological polar surface area (TPSA) is 24.1 Å². The van der Waals surface area contributed by atoms with E-state index in [0.717, 1.165) is 5.92 Å². The maximum atomic E-state index is 3.68. The molecule has 0 unspecified atom stereocenters. The molecule has 1 heterocycles. The second kappa shape index (κ2) is 4.63. The fourth-order valence-corrected chi connectivity index (χ4v) is 2.46. The minimum atomic E-state index is 0.715. The van der Waals surface area contributed by atoms with Gasteiger partial charge in [-0.3, -0.25) is 0 Å². The van der Waals surface area contributed by atoms with Gasteiger partial charge in [-0.25, -0.2) is 0 Å². The van der Waals surface area contributed by atoms with Crippen molar-refractivity contribution in [2.45, 2.75) is 39.0 Å². The van der Waals surface area contributed by atoms with Crippen LogP contribution in [-0.4, -0.2) is 26.2 Å². The van der Waals surface area contributed by atoms with Gasteiger partial charge in [0, 0.05) is 6.54 Å². The minimum absolute atomic E-state index is 0.715. The van der Waals surface area contributed by atoms with Crippen LogP contribution in [0.5, 0.6) is 0 Å². The maximum Gasteiger partial charge on any atom is 0.000783 e. The summed E-state index contributed by atoms with van der Waals surface area (Å²) in [7, 11) is 0. The molecule has 2 N–H and O–H groups in total. The van der Waals surface area contributed by atoms with Gasteiger partial charge in [-0.15, -0.1) is 0 Å². The van der Waals surface area contributed by atoms with Crippen molar-refractivity contribution in [3.8, 4) is 0 Å². The molecule has 0 bridgehead atoms. The Balaban J connectivity index is 1.58. The van der Waals surface area contributed by atoms with Gasteiger partial charge in [-0.05, 0) is 63.1 Å². The van der Waals surface area contributed by atoms with Crippen LogP contribution in [0.3, 0.4) is 0 Å². The van der Waals surface area contributed by atoms with Gasteiger partial charge >= 0.3 is 0 Å². The van der Waals surface area contributed by atoms with Crippen molar-refractivity contribution in [1.82, 2.24) is 10.6 Å². The van der Waals surface area contributed by atoms with Crippen LogP contribution < -0.4 is 10.6 Å². The second-order valence-corrected chi connectivity index (χ2v) is 5.18. The number of piperidine rings is 1. The van der Waals surface area contributed by atoms with Crippen LogP contribution in [0.1, 0.15) is 39.0 Å². The SMILES string of the molecule is CCC1(CNCC2CCNCC2)CC1. The van der Waals surface area contributed by atoms with Crippen molar-refractivity contribution >= 4 is 0 Å². The molecule has 2 fully saturated rings. The van der Waals surface area contributed by atoms with Gasteiger partial charge in [-0.1, -0.05) is 6.92 Å². The summed E-state index contributed by atoms with van der Waals surface area (Å²) in [6, 6.07) is 0. The molecule has 14 heavy (non-hydrogen) atoms. The highest BCUT2D eigenvalue weighted by Gasteiger charge is 2.39. The van der Waals surface area contributed by atoms with Gasteiger partial charge in [-0.2, -0.15) is 0 Å². The van der Waals surface area contributed by atoms with Gasteiger partial charge in [0.05, 0.1) is 0 Å². The Labute approximate surface area is 87.8 Å². The number of hydrogen-bond donors (Lipinski definition) is 2. The number of hydrogen-bond acceptors (Lipinski definition) is 2. The Kier molecular flexibility index (Phi) is 3.45. The van der Waals surface area contributed by atoms with Crippen LogP contribution in [0.2, 0.25) is 0 Å². The lowest BCUT2D eigenvalue weighted by Crippen LogP contribution is -2.35. The average Bonchev–Trinajstić information content (AvgIpc) is 3.00. The normalized spacial score (nSPS) is 26.4. The van der Waals surface area contributed by atoms with E-state index in [1.54, 1.807) is 0 Å². The smallest absolute Gasteiger partial charge is 0.000783 e. The summed E-state index contributed by atoms with van der Waals surface area (Å²) >= 11 is 0. The first-order valence-corrected chi connectivity index (χ1v) is 6.26. The Morgan fingerprint density at radius 2 is 2.00 bits per heavy atom. The van der Waals surface area contributed by atoms with E-state index in [1.165, 1.54) is 58.3 Å². The van der Waals surface area contributed by atoms with Gasteiger partial charge < -0.3 is 10.6 Å². The third kappa shape index (κ3) is 2.71. The summed E-state index contributed by atoms with van der Waals surface area (Å²) < 4.78 is 0. The summed E-state index contributed by atoms with van der Waals surface area (Å²) in [5.41, 5.74) is 0.715. The van der Waals surface area contributed by atoms with E-state index in [9.17, 15) is 0 Å². The molecule has 0 aromatic heterocycles. The molecule has 82 valence electrons. The molecule has 2 aliphatic rings. The van der Waals surface area contributed by atoms with E-state index in [4.69, 9.17) is 0 Å². The molecule has 1 aliphatic heterocycles. The van der Waals surface area contributed by atoms with Crippen LogP contribution >= 0.6 is 0 Å². The van der Waals surface area contributed by atoms with Gasteiger partial charge in [0.25, 0.3) is 0 Å². The number of rotatable bonds is 5. The lowest BCUT2D eigenvalue weighted by Gasteiger charge is -2.24. The fraction of sp³-hybridized carbons (Fsp3) is 1.00. The van der Waals surface area contributed by atoms with Gasteiger partial charge in [0.2, 0.25) is 0 Å². The van der Waals surface area contributed by atoms with E-state index in [-0.39, 0.29) is 0 Å². The molecule has 2 heteroatoms. The van der Waals surface area contributed by atoms with Crippen LogP contribution in [0.4, 0.5) is 0 Å². The van der Waals surface area contributed by atoms with Crippen molar-refractivity contribution in [2.75, 3.05) is 26.2 Å². The highest BCUT2D eigenvalue weighted by Crippen LogP contribution is 2.47. The minimum Gasteiger partial charge on any atom is -0.317 e. The molecule has 1 aliphatic carbocycles. The monoisotopic (exact) mass is 196 g/mol. The average molecular weight is 196 g/mol. The zero-order valence-electron chi connectivity index (χ0n) is 9.44. The lowest BCUT2D eigenvalue weighted by molar-refractivity contribution is 0.338. The lowest BCUT2D eigenvalue weighted by atomic mass is 9.97. The summed E-state index contributed by atoms with van der Waals surface area (Å²) in [5, 5.41) is 7.10. The van der Waals surface area contributed by atoms with Crippen LogP contribution in [-0.2, 0) is 0 Å². The summed E-state index contributed by atoms with van der Waals surface area (Å²) in [5.74, 6) is 0.934. The van der Waals surface area contributed by atoms with E-state index < -0.39 is 0 Å². The summed E-state index contributed by atoms with van der Waals surface area (Å²) in [4.78, 5) is 0. The molecular formula is C12H24N2. The first-order valence-electron chi connectivity index (χ1n) is 6.26. The predicted octanol–water partition coefficient (Wildman–Crippen LogP) is 1.77. The Hall–Kier alpha value is -0.0800. The second-order valence-electron chi connectivity index (χ2n) is 5.18. The maximum absolute atomic E-state index is 3.68.